The zero-order valence-corrected chi connectivity index (χ0v) is 16.5. The predicted molar refractivity (Wildman–Crippen MR) is 110 cm³/mol. The number of rotatable bonds is 9. The van der Waals surface area contributed by atoms with Crippen molar-refractivity contribution in [2.75, 3.05) is 15.8 Å². The van der Waals surface area contributed by atoms with Gasteiger partial charge in [0.1, 0.15) is 0 Å². The molecule has 2 unspecified atom stereocenters. The lowest BCUT2D eigenvalue weighted by Crippen LogP contribution is -2.30. The molecule has 146 valence electrons. The fraction of sp³-hybridized carbons (Fsp3) is 0.350. The molecule has 27 heavy (non-hydrogen) atoms. The summed E-state index contributed by atoms with van der Waals surface area (Å²) in [4.78, 5) is 12.5. The van der Waals surface area contributed by atoms with Crippen LogP contribution in [0, 0.1) is 5.92 Å². The molecule has 7 heteroatoms. The molecule has 0 aliphatic rings. The number of nitrogens with two attached hydrogens (primary N) is 1. The van der Waals surface area contributed by atoms with Gasteiger partial charge in [0.2, 0.25) is 15.9 Å². The van der Waals surface area contributed by atoms with Gasteiger partial charge in [0.15, 0.2) is 0 Å². The Labute approximate surface area is 161 Å². The van der Waals surface area contributed by atoms with E-state index in [9.17, 15) is 13.2 Å². The van der Waals surface area contributed by atoms with Crippen molar-refractivity contribution in [2.24, 2.45) is 11.7 Å². The van der Waals surface area contributed by atoms with Crippen molar-refractivity contribution in [1.82, 2.24) is 0 Å². The normalized spacial score (nSPS) is 13.6. The molecular weight excluding hydrogens is 362 g/mol. The smallest absolute Gasteiger partial charge is 0.232 e. The molecule has 6 nitrogen and oxygen atoms in total. The highest BCUT2D eigenvalue weighted by atomic mass is 32.2. The van der Waals surface area contributed by atoms with Crippen LogP contribution in [-0.4, -0.2) is 20.1 Å². The van der Waals surface area contributed by atoms with Crippen molar-refractivity contribution in [2.45, 2.75) is 32.7 Å². The van der Waals surface area contributed by atoms with E-state index in [2.05, 4.69) is 10.0 Å². The van der Waals surface area contributed by atoms with Crippen molar-refractivity contribution < 1.29 is 13.2 Å². The fourth-order valence-electron chi connectivity index (χ4n) is 2.57. The van der Waals surface area contributed by atoms with Gasteiger partial charge in [-0.15, -0.1) is 0 Å². The topological polar surface area (TPSA) is 101 Å². The minimum atomic E-state index is -3.34. The Balaban J connectivity index is 1.96. The molecule has 0 saturated heterocycles. The Morgan fingerprint density at radius 3 is 2.22 bits per heavy atom. The largest absolute Gasteiger partial charge is 0.326 e. The summed E-state index contributed by atoms with van der Waals surface area (Å²) in [7, 11) is -3.34. The SMILES string of the molecule is CCCCS(=O)(=O)Nc1ccc(NC(=O)C(C)C(N)c2ccccc2)cc1. The van der Waals surface area contributed by atoms with Crippen molar-refractivity contribution >= 4 is 27.3 Å². The number of carbonyl (C=O) groups excluding carboxylic acids is 1. The van der Waals surface area contributed by atoms with E-state index in [-0.39, 0.29) is 11.7 Å². The zero-order valence-electron chi connectivity index (χ0n) is 15.7. The number of amides is 1. The quantitative estimate of drug-likeness (QED) is 0.611. The highest BCUT2D eigenvalue weighted by Gasteiger charge is 2.22. The summed E-state index contributed by atoms with van der Waals surface area (Å²) in [6, 6.07) is 15.6. The van der Waals surface area contributed by atoms with Crippen molar-refractivity contribution in [3.8, 4) is 0 Å². The molecule has 2 rings (SSSR count). The van der Waals surface area contributed by atoms with E-state index in [1.54, 1.807) is 31.2 Å². The van der Waals surface area contributed by atoms with Gasteiger partial charge in [0, 0.05) is 17.4 Å². The van der Waals surface area contributed by atoms with Crippen LogP contribution in [0.5, 0.6) is 0 Å². The number of anilines is 2. The lowest BCUT2D eigenvalue weighted by Gasteiger charge is -2.20. The van der Waals surface area contributed by atoms with Crippen molar-refractivity contribution in [1.29, 1.82) is 0 Å². The average molecular weight is 390 g/mol. The molecule has 2 atom stereocenters. The van der Waals surface area contributed by atoms with E-state index in [0.29, 0.717) is 17.8 Å². The van der Waals surface area contributed by atoms with Crippen LogP contribution in [0.15, 0.2) is 54.6 Å². The van der Waals surface area contributed by atoms with Crippen LogP contribution < -0.4 is 15.8 Å². The number of hydrogen-bond donors (Lipinski definition) is 3. The molecule has 1 amide bonds. The van der Waals surface area contributed by atoms with Crippen LogP contribution in [0.3, 0.4) is 0 Å². The van der Waals surface area contributed by atoms with E-state index in [4.69, 9.17) is 5.73 Å². The van der Waals surface area contributed by atoms with E-state index < -0.39 is 22.0 Å². The Hall–Kier alpha value is -2.38. The number of carbonyl (C=O) groups is 1. The second kappa shape index (κ2) is 9.53. The van der Waals surface area contributed by atoms with Crippen molar-refractivity contribution in [3.05, 3.63) is 60.2 Å². The molecule has 4 N–H and O–H groups in total. The minimum Gasteiger partial charge on any atom is -0.326 e. The van der Waals surface area contributed by atoms with Gasteiger partial charge in [0.25, 0.3) is 0 Å². The first-order valence-corrected chi connectivity index (χ1v) is 10.7. The Kier molecular flexibility index (Phi) is 7.38. The first kappa shape index (κ1) is 20.9. The molecule has 0 aliphatic carbocycles. The van der Waals surface area contributed by atoms with Gasteiger partial charge in [0.05, 0.1) is 11.7 Å². The molecule has 0 radical (unpaired) electrons. The maximum absolute atomic E-state index is 12.5. The van der Waals surface area contributed by atoms with Gasteiger partial charge in [-0.25, -0.2) is 8.42 Å². The van der Waals surface area contributed by atoms with Crippen LogP contribution in [0.25, 0.3) is 0 Å². The third-order valence-corrected chi connectivity index (χ3v) is 5.70. The summed E-state index contributed by atoms with van der Waals surface area (Å²) in [6.45, 7) is 3.72. The minimum absolute atomic E-state index is 0.0941. The lowest BCUT2D eigenvalue weighted by molar-refractivity contribution is -0.120. The third-order valence-electron chi connectivity index (χ3n) is 4.33. The summed E-state index contributed by atoms with van der Waals surface area (Å²) in [5.41, 5.74) is 8.15. The van der Waals surface area contributed by atoms with E-state index in [0.717, 1.165) is 12.0 Å². The Morgan fingerprint density at radius 2 is 1.63 bits per heavy atom. The molecule has 2 aromatic rings. The molecule has 0 fully saturated rings. The number of hydrogen-bond acceptors (Lipinski definition) is 4. The van der Waals surface area contributed by atoms with Gasteiger partial charge in [-0.3, -0.25) is 9.52 Å². The van der Waals surface area contributed by atoms with Crippen LogP contribution >= 0.6 is 0 Å². The van der Waals surface area contributed by atoms with Crippen LogP contribution in [0.2, 0.25) is 0 Å². The molecule has 0 spiro atoms. The van der Waals surface area contributed by atoms with Gasteiger partial charge in [-0.2, -0.15) is 0 Å². The highest BCUT2D eigenvalue weighted by Crippen LogP contribution is 2.21. The summed E-state index contributed by atoms with van der Waals surface area (Å²) < 4.78 is 26.4. The van der Waals surface area contributed by atoms with Crippen LogP contribution in [-0.2, 0) is 14.8 Å². The summed E-state index contributed by atoms with van der Waals surface area (Å²) in [5.74, 6) is -0.515. The number of unbranched alkanes of at least 4 members (excludes halogenated alkanes) is 1. The highest BCUT2D eigenvalue weighted by molar-refractivity contribution is 7.92. The molecule has 0 heterocycles. The summed E-state index contributed by atoms with van der Waals surface area (Å²) in [5, 5.41) is 2.82. The first-order chi connectivity index (χ1) is 12.8. The van der Waals surface area contributed by atoms with E-state index in [1.807, 2.05) is 37.3 Å². The molecule has 0 aromatic heterocycles. The lowest BCUT2D eigenvalue weighted by atomic mass is 9.94. The monoisotopic (exact) mass is 389 g/mol. The molecule has 0 bridgehead atoms. The predicted octanol–water partition coefficient (Wildman–Crippen LogP) is 3.50. The van der Waals surface area contributed by atoms with E-state index in [1.165, 1.54) is 0 Å². The second-order valence-corrected chi connectivity index (χ2v) is 8.41. The molecule has 0 saturated carbocycles. The second-order valence-electron chi connectivity index (χ2n) is 6.57. The fourth-order valence-corrected chi connectivity index (χ4v) is 3.84. The summed E-state index contributed by atoms with van der Waals surface area (Å²) >= 11 is 0. The number of sulfonamides is 1. The van der Waals surface area contributed by atoms with Crippen molar-refractivity contribution in [3.63, 3.8) is 0 Å². The molecular formula is C20H27N3O3S. The standard InChI is InChI=1S/C20H27N3O3S/c1-3-4-14-27(25,26)23-18-12-10-17(11-13-18)22-20(24)15(2)19(21)16-8-6-5-7-9-16/h5-13,15,19,23H,3-4,14,21H2,1-2H3,(H,22,24). The molecule has 2 aromatic carbocycles. The van der Waals surface area contributed by atoms with Gasteiger partial charge < -0.3 is 11.1 Å². The van der Waals surface area contributed by atoms with Gasteiger partial charge in [-0.05, 0) is 36.2 Å². The Morgan fingerprint density at radius 1 is 1.04 bits per heavy atom. The average Bonchev–Trinajstić information content (AvgIpc) is 2.67. The summed E-state index contributed by atoms with van der Waals surface area (Å²) in [6.07, 6.45) is 1.43. The zero-order chi connectivity index (χ0) is 19.9. The number of benzene rings is 2. The van der Waals surface area contributed by atoms with Crippen LogP contribution in [0.1, 0.15) is 38.3 Å². The maximum Gasteiger partial charge on any atom is 0.232 e. The van der Waals surface area contributed by atoms with Gasteiger partial charge >= 0.3 is 0 Å². The Bertz CT molecular complexity index is 837. The maximum atomic E-state index is 12.5. The number of nitrogens with one attached hydrogen (secondary N) is 2. The van der Waals surface area contributed by atoms with Gasteiger partial charge in [-0.1, -0.05) is 50.6 Å². The van der Waals surface area contributed by atoms with E-state index >= 15 is 0 Å². The van der Waals surface area contributed by atoms with Crippen LogP contribution in [0.4, 0.5) is 11.4 Å². The third kappa shape index (κ3) is 6.37. The molecule has 0 aliphatic heterocycles. The first-order valence-electron chi connectivity index (χ1n) is 9.04.